The predicted octanol–water partition coefficient (Wildman–Crippen LogP) is 3.13. The zero-order valence-electron chi connectivity index (χ0n) is 6.64. The summed E-state index contributed by atoms with van der Waals surface area (Å²) in [5, 5.41) is 0. The maximum absolute atomic E-state index is 13.2. The molecule has 13 heavy (non-hydrogen) atoms. The Balaban J connectivity index is 3.06. The topological polar surface area (TPSA) is 17.1 Å². The third-order valence-electron chi connectivity index (χ3n) is 1.61. The summed E-state index contributed by atoms with van der Waals surface area (Å²) in [6.45, 7) is 0. The average Bonchev–Trinajstić information content (AvgIpc) is 2.04. The van der Waals surface area contributed by atoms with Crippen molar-refractivity contribution in [2.24, 2.45) is 0 Å². The number of carbonyl (C=O) groups excluding carboxylic acids is 1. The molecule has 0 heterocycles. The van der Waals surface area contributed by atoms with Crippen molar-refractivity contribution in [3.8, 4) is 0 Å². The molecule has 0 unspecified atom stereocenters. The van der Waals surface area contributed by atoms with Crippen LogP contribution in [0, 0.1) is 0 Å². The van der Waals surface area contributed by atoms with Crippen LogP contribution in [0.25, 0.3) is 0 Å². The van der Waals surface area contributed by atoms with Crippen LogP contribution in [0.5, 0.6) is 0 Å². The van der Waals surface area contributed by atoms with Gasteiger partial charge in [-0.2, -0.15) is 0 Å². The van der Waals surface area contributed by atoms with Crippen molar-refractivity contribution in [2.75, 3.05) is 0 Å². The molecule has 0 aliphatic carbocycles. The molecule has 0 spiro atoms. The van der Waals surface area contributed by atoms with Gasteiger partial charge in [0, 0.05) is 10.0 Å². The van der Waals surface area contributed by atoms with Crippen LogP contribution >= 0.6 is 15.9 Å². The highest BCUT2D eigenvalue weighted by Gasteiger charge is 2.32. The zero-order chi connectivity index (χ0) is 9.90. The van der Waals surface area contributed by atoms with Gasteiger partial charge in [-0.25, -0.2) is 8.78 Å². The van der Waals surface area contributed by atoms with E-state index < -0.39 is 12.3 Å². The molecule has 0 aliphatic rings. The molecule has 1 aromatic rings. The van der Waals surface area contributed by atoms with Gasteiger partial charge in [-0.05, 0) is 6.07 Å². The summed E-state index contributed by atoms with van der Waals surface area (Å²) in [6.07, 6.45) is -0.560. The van der Waals surface area contributed by atoms with Crippen molar-refractivity contribution in [2.45, 2.75) is 12.3 Å². The standard InChI is InChI=1S/C9H7BrF2O/c10-8-4-2-1-3-7(8)9(11,12)5-6-13/h1-4,6H,5H2. The molecule has 0 saturated carbocycles. The molecule has 0 radical (unpaired) electrons. The smallest absolute Gasteiger partial charge is 0.280 e. The summed E-state index contributed by atoms with van der Waals surface area (Å²) < 4.78 is 26.6. The summed E-state index contributed by atoms with van der Waals surface area (Å²) in [4.78, 5) is 10.0. The SMILES string of the molecule is O=CCC(F)(F)c1ccccc1Br. The van der Waals surface area contributed by atoms with Crippen LogP contribution in [-0.2, 0) is 10.7 Å². The second-order valence-electron chi connectivity index (χ2n) is 2.56. The Bertz CT molecular complexity index is 312. The lowest BCUT2D eigenvalue weighted by molar-refractivity contribution is -0.115. The number of rotatable bonds is 3. The lowest BCUT2D eigenvalue weighted by atomic mass is 10.1. The van der Waals surface area contributed by atoms with E-state index in [0.29, 0.717) is 4.47 Å². The monoisotopic (exact) mass is 248 g/mol. The number of carbonyl (C=O) groups is 1. The van der Waals surface area contributed by atoms with Crippen LogP contribution in [0.2, 0.25) is 0 Å². The van der Waals surface area contributed by atoms with Crippen molar-refractivity contribution in [3.05, 3.63) is 34.3 Å². The maximum Gasteiger partial charge on any atom is 0.280 e. The van der Waals surface area contributed by atoms with Crippen LogP contribution in [0.15, 0.2) is 28.7 Å². The fourth-order valence-corrected chi connectivity index (χ4v) is 1.55. The molecular weight excluding hydrogens is 242 g/mol. The molecule has 0 aromatic heterocycles. The van der Waals surface area contributed by atoms with Gasteiger partial charge in [0.25, 0.3) is 5.92 Å². The largest absolute Gasteiger partial charge is 0.303 e. The van der Waals surface area contributed by atoms with Gasteiger partial charge < -0.3 is 4.79 Å². The predicted molar refractivity (Wildman–Crippen MR) is 48.7 cm³/mol. The van der Waals surface area contributed by atoms with Gasteiger partial charge >= 0.3 is 0 Å². The highest BCUT2D eigenvalue weighted by molar-refractivity contribution is 9.10. The Morgan fingerprint density at radius 2 is 2.00 bits per heavy atom. The fourth-order valence-electron chi connectivity index (χ4n) is 0.972. The number of hydrogen-bond acceptors (Lipinski definition) is 1. The van der Waals surface area contributed by atoms with Gasteiger partial charge in [-0.1, -0.05) is 34.1 Å². The van der Waals surface area contributed by atoms with Crippen LogP contribution in [0.3, 0.4) is 0 Å². The highest BCUT2D eigenvalue weighted by atomic mass is 79.9. The Kier molecular flexibility index (Phi) is 3.14. The first-order valence-corrected chi connectivity index (χ1v) is 4.43. The third kappa shape index (κ3) is 2.34. The molecule has 0 atom stereocenters. The van der Waals surface area contributed by atoms with Crippen molar-refractivity contribution < 1.29 is 13.6 Å². The van der Waals surface area contributed by atoms with E-state index >= 15 is 0 Å². The molecule has 0 aliphatic heterocycles. The van der Waals surface area contributed by atoms with Gasteiger partial charge in [-0.15, -0.1) is 0 Å². The van der Waals surface area contributed by atoms with E-state index in [1.54, 1.807) is 6.07 Å². The molecule has 4 heteroatoms. The second kappa shape index (κ2) is 3.96. The van der Waals surface area contributed by atoms with Crippen molar-refractivity contribution in [1.29, 1.82) is 0 Å². The van der Waals surface area contributed by atoms with Gasteiger partial charge in [0.15, 0.2) is 0 Å². The van der Waals surface area contributed by atoms with E-state index in [1.807, 2.05) is 0 Å². The second-order valence-corrected chi connectivity index (χ2v) is 3.41. The minimum absolute atomic E-state index is 0.151. The summed E-state index contributed by atoms with van der Waals surface area (Å²) >= 11 is 3.01. The molecule has 1 aromatic carbocycles. The summed E-state index contributed by atoms with van der Waals surface area (Å²) in [6, 6.07) is 5.98. The van der Waals surface area contributed by atoms with E-state index in [4.69, 9.17) is 0 Å². The van der Waals surface area contributed by atoms with Gasteiger partial charge in [0.1, 0.15) is 6.29 Å². The highest BCUT2D eigenvalue weighted by Crippen LogP contribution is 2.35. The molecule has 0 N–H and O–H groups in total. The van der Waals surface area contributed by atoms with Crippen molar-refractivity contribution in [1.82, 2.24) is 0 Å². The fraction of sp³-hybridized carbons (Fsp3) is 0.222. The molecule has 1 rings (SSSR count). The molecule has 1 nitrogen and oxygen atoms in total. The number of hydrogen-bond donors (Lipinski definition) is 0. The number of aldehydes is 1. The molecule has 0 amide bonds. The minimum atomic E-state index is -3.08. The number of benzene rings is 1. The van der Waals surface area contributed by atoms with Crippen LogP contribution in [0.1, 0.15) is 12.0 Å². The molecule has 0 saturated heterocycles. The first-order valence-electron chi connectivity index (χ1n) is 3.64. The van der Waals surface area contributed by atoms with E-state index in [-0.39, 0.29) is 11.8 Å². The van der Waals surface area contributed by atoms with Gasteiger partial charge in [-0.3, -0.25) is 0 Å². The van der Waals surface area contributed by atoms with Gasteiger partial charge in [0.2, 0.25) is 0 Å². The lowest BCUT2D eigenvalue weighted by Gasteiger charge is -2.14. The Labute approximate surface area is 82.9 Å². The normalized spacial score (nSPS) is 11.3. The average molecular weight is 249 g/mol. The van der Waals surface area contributed by atoms with Crippen LogP contribution < -0.4 is 0 Å². The van der Waals surface area contributed by atoms with Crippen LogP contribution in [-0.4, -0.2) is 6.29 Å². The van der Waals surface area contributed by atoms with Crippen molar-refractivity contribution >= 4 is 22.2 Å². The Hall–Kier alpha value is -0.770. The summed E-state index contributed by atoms with van der Waals surface area (Å²) in [5.41, 5.74) is -0.151. The van der Waals surface area contributed by atoms with E-state index in [2.05, 4.69) is 15.9 Å². The Morgan fingerprint density at radius 1 is 1.38 bits per heavy atom. The van der Waals surface area contributed by atoms with Crippen molar-refractivity contribution in [3.63, 3.8) is 0 Å². The van der Waals surface area contributed by atoms with Crippen LogP contribution in [0.4, 0.5) is 8.78 Å². The number of alkyl halides is 2. The van der Waals surface area contributed by atoms with Gasteiger partial charge in [0.05, 0.1) is 6.42 Å². The molecule has 0 fully saturated rings. The minimum Gasteiger partial charge on any atom is -0.303 e. The Morgan fingerprint density at radius 3 is 2.54 bits per heavy atom. The summed E-state index contributed by atoms with van der Waals surface area (Å²) in [7, 11) is 0. The quantitative estimate of drug-likeness (QED) is 0.752. The maximum atomic E-state index is 13.2. The molecule has 70 valence electrons. The lowest BCUT2D eigenvalue weighted by Crippen LogP contribution is -2.14. The third-order valence-corrected chi connectivity index (χ3v) is 2.30. The number of halogens is 3. The first-order chi connectivity index (χ1) is 6.08. The summed E-state index contributed by atoms with van der Waals surface area (Å²) in [5.74, 6) is -3.08. The first kappa shape index (κ1) is 10.3. The zero-order valence-corrected chi connectivity index (χ0v) is 8.22. The van der Waals surface area contributed by atoms with E-state index in [1.165, 1.54) is 18.2 Å². The van der Waals surface area contributed by atoms with E-state index in [0.717, 1.165) is 0 Å². The van der Waals surface area contributed by atoms with E-state index in [9.17, 15) is 13.6 Å². The molecule has 0 bridgehead atoms. The molecular formula is C9H7BrF2O.